The van der Waals surface area contributed by atoms with Gasteiger partial charge in [0.15, 0.2) is 5.69 Å². The number of hydrogen-bond donors (Lipinski definition) is 4. The predicted octanol–water partition coefficient (Wildman–Crippen LogP) is 3.29. The molecule has 0 radical (unpaired) electrons. The molecule has 3 aromatic rings. The van der Waals surface area contributed by atoms with E-state index in [1.54, 1.807) is 12.1 Å². The third-order valence-corrected chi connectivity index (χ3v) is 8.20. The van der Waals surface area contributed by atoms with Gasteiger partial charge in [-0.3, -0.25) is 19.5 Å². The molecule has 4 N–H and O–H groups in total. The first-order valence-corrected chi connectivity index (χ1v) is 13.4. The van der Waals surface area contributed by atoms with E-state index in [1.165, 1.54) is 40.8 Å². The van der Waals surface area contributed by atoms with Crippen LogP contribution in [0.25, 0.3) is 0 Å². The quantitative estimate of drug-likeness (QED) is 0.302. The van der Waals surface area contributed by atoms with Crippen LogP contribution in [0.2, 0.25) is 10.0 Å². The van der Waals surface area contributed by atoms with Gasteiger partial charge in [0.2, 0.25) is 15.9 Å². The molecule has 1 aromatic heterocycles. The Hall–Kier alpha value is -3.71. The second-order valence-corrected chi connectivity index (χ2v) is 11.0. The van der Waals surface area contributed by atoms with Gasteiger partial charge in [0, 0.05) is 31.0 Å². The van der Waals surface area contributed by atoms with E-state index in [4.69, 9.17) is 23.2 Å². The number of sulfonamides is 1. The Bertz CT molecular complexity index is 1500. The summed E-state index contributed by atoms with van der Waals surface area (Å²) < 4.78 is 27.6. The van der Waals surface area contributed by atoms with Gasteiger partial charge in [0.1, 0.15) is 0 Å². The molecule has 3 amide bonds. The van der Waals surface area contributed by atoms with E-state index in [2.05, 4.69) is 32.7 Å². The topological polar surface area (TPSA) is 153 Å². The number of rotatable bonds is 8. The van der Waals surface area contributed by atoms with Gasteiger partial charge in [0.25, 0.3) is 11.8 Å². The average Bonchev–Trinajstić information content (AvgIpc) is 3.54. The fraction of sp³-hybridized carbons (Fsp3) is 0.167. The number of nitrogens with zero attached hydrogens (tertiary/aromatic N) is 2. The normalized spacial score (nSPS) is 15.6. The predicted molar refractivity (Wildman–Crippen MR) is 143 cm³/mol. The summed E-state index contributed by atoms with van der Waals surface area (Å²) in [6.07, 6.45) is 2.78. The molecule has 2 aromatic carbocycles. The van der Waals surface area contributed by atoms with Crippen molar-refractivity contribution in [3.05, 3.63) is 82.6 Å². The fourth-order valence-electron chi connectivity index (χ4n) is 3.85. The van der Waals surface area contributed by atoms with Crippen LogP contribution in [0.5, 0.6) is 0 Å². The minimum atomic E-state index is -3.89. The lowest BCUT2D eigenvalue weighted by molar-refractivity contribution is -0.111. The van der Waals surface area contributed by atoms with Crippen LogP contribution in [0.3, 0.4) is 0 Å². The molecule has 14 heteroatoms. The summed E-state index contributed by atoms with van der Waals surface area (Å²) in [6.45, 7) is 3.57. The van der Waals surface area contributed by atoms with Crippen LogP contribution >= 0.6 is 23.2 Å². The van der Waals surface area contributed by atoms with Crippen molar-refractivity contribution >= 4 is 62.3 Å². The molecule has 11 nitrogen and oxygen atoms in total. The summed E-state index contributed by atoms with van der Waals surface area (Å²) >= 11 is 12.2. The summed E-state index contributed by atoms with van der Waals surface area (Å²) in [5, 5.41) is 14.6. The molecule has 0 spiro atoms. The Labute approximate surface area is 228 Å². The molecule has 198 valence electrons. The number of benzene rings is 2. The number of anilines is 2. The molecule has 1 aliphatic rings. The maximum Gasteiger partial charge on any atom is 0.274 e. The van der Waals surface area contributed by atoms with Crippen molar-refractivity contribution in [1.29, 1.82) is 0 Å². The molecule has 0 bridgehead atoms. The molecular weight excluding hydrogens is 555 g/mol. The van der Waals surface area contributed by atoms with Gasteiger partial charge in [-0.1, -0.05) is 41.9 Å². The van der Waals surface area contributed by atoms with Crippen molar-refractivity contribution in [2.45, 2.75) is 17.4 Å². The van der Waals surface area contributed by atoms with Crippen molar-refractivity contribution in [2.75, 3.05) is 23.7 Å². The fourth-order valence-corrected chi connectivity index (χ4v) is 5.97. The van der Waals surface area contributed by atoms with Gasteiger partial charge in [-0.05, 0) is 42.8 Å². The van der Waals surface area contributed by atoms with E-state index < -0.39 is 33.8 Å². The van der Waals surface area contributed by atoms with E-state index >= 15 is 0 Å². The number of H-pyrrole nitrogens is 1. The number of carbonyl (C=O) groups is 3. The van der Waals surface area contributed by atoms with Crippen molar-refractivity contribution in [3.8, 4) is 0 Å². The molecule has 1 aliphatic heterocycles. The lowest BCUT2D eigenvalue weighted by Gasteiger charge is -2.18. The number of amides is 3. The van der Waals surface area contributed by atoms with E-state index in [-0.39, 0.29) is 45.0 Å². The zero-order chi connectivity index (χ0) is 27.4. The van der Waals surface area contributed by atoms with Gasteiger partial charge in [0.05, 0.1) is 26.2 Å². The zero-order valence-corrected chi connectivity index (χ0v) is 22.0. The van der Waals surface area contributed by atoms with Crippen molar-refractivity contribution < 1.29 is 22.8 Å². The molecule has 0 aliphatic carbocycles. The average molecular weight is 577 g/mol. The Kier molecular flexibility index (Phi) is 8.17. The SMILES string of the molecule is C=CC(=O)Nc1cccc(S(=O)(=O)N2CC[C@H](NC(=O)c3n[nH]cc3NC(=O)c3c(Cl)cccc3Cl)C2)c1. The van der Waals surface area contributed by atoms with Gasteiger partial charge in [-0.25, -0.2) is 8.42 Å². The first-order valence-electron chi connectivity index (χ1n) is 11.2. The van der Waals surface area contributed by atoms with Crippen LogP contribution in [0.4, 0.5) is 11.4 Å². The lowest BCUT2D eigenvalue weighted by atomic mass is 10.2. The number of hydrogen-bond acceptors (Lipinski definition) is 6. The Balaban J connectivity index is 1.42. The third-order valence-electron chi connectivity index (χ3n) is 5.70. The van der Waals surface area contributed by atoms with E-state index in [0.29, 0.717) is 12.1 Å². The monoisotopic (exact) mass is 576 g/mol. The molecule has 38 heavy (non-hydrogen) atoms. The van der Waals surface area contributed by atoms with Crippen LogP contribution in [-0.2, 0) is 14.8 Å². The molecule has 1 atom stereocenters. The first kappa shape index (κ1) is 27.3. The van der Waals surface area contributed by atoms with Crippen LogP contribution in [0.1, 0.15) is 27.3 Å². The zero-order valence-electron chi connectivity index (χ0n) is 19.7. The minimum absolute atomic E-state index is 0.00173. The molecular formula is C24H22Cl2N6O5S. The Morgan fingerprint density at radius 2 is 1.79 bits per heavy atom. The highest BCUT2D eigenvalue weighted by molar-refractivity contribution is 7.89. The van der Waals surface area contributed by atoms with Crippen LogP contribution in [0, 0.1) is 0 Å². The smallest absolute Gasteiger partial charge is 0.274 e. The van der Waals surface area contributed by atoms with Crippen molar-refractivity contribution in [3.63, 3.8) is 0 Å². The molecule has 2 heterocycles. The van der Waals surface area contributed by atoms with Gasteiger partial charge >= 0.3 is 0 Å². The summed E-state index contributed by atoms with van der Waals surface area (Å²) in [6, 6.07) is 9.98. The minimum Gasteiger partial charge on any atom is -0.346 e. The highest BCUT2D eigenvalue weighted by Crippen LogP contribution is 2.26. The highest BCUT2D eigenvalue weighted by Gasteiger charge is 2.34. The maximum atomic E-state index is 13.2. The standard InChI is InChI=1S/C24H22Cl2N6O5S/c1-2-20(33)28-14-5-3-6-16(11-14)38(36,37)32-10-9-15(13-32)29-24(35)22-19(12-27-31-22)30-23(34)21-17(25)7-4-8-18(21)26/h2-8,11-12,15H,1,9-10,13H2,(H,27,31)(H,28,33)(H,29,35)(H,30,34)/t15-/m0/s1. The van der Waals surface area contributed by atoms with Crippen molar-refractivity contribution in [2.24, 2.45) is 0 Å². The second kappa shape index (κ2) is 11.4. The van der Waals surface area contributed by atoms with Crippen LogP contribution < -0.4 is 16.0 Å². The second-order valence-electron chi connectivity index (χ2n) is 8.24. The lowest BCUT2D eigenvalue weighted by Crippen LogP contribution is -2.39. The molecule has 4 rings (SSSR count). The summed E-state index contributed by atoms with van der Waals surface area (Å²) in [5.41, 5.74) is 0.372. The maximum absolute atomic E-state index is 13.2. The number of nitrogens with one attached hydrogen (secondary N) is 4. The van der Waals surface area contributed by atoms with Crippen molar-refractivity contribution in [1.82, 2.24) is 19.8 Å². The van der Waals surface area contributed by atoms with Gasteiger partial charge in [-0.2, -0.15) is 9.40 Å². The van der Waals surface area contributed by atoms with Crippen LogP contribution in [-0.4, -0.2) is 59.8 Å². The van der Waals surface area contributed by atoms with Crippen LogP contribution in [0.15, 0.2) is 66.2 Å². The van der Waals surface area contributed by atoms with E-state index in [9.17, 15) is 22.8 Å². The first-order chi connectivity index (χ1) is 18.1. The third kappa shape index (κ3) is 5.89. The number of carbonyl (C=O) groups excluding carboxylic acids is 3. The Morgan fingerprint density at radius 3 is 2.50 bits per heavy atom. The number of halogens is 2. The number of aromatic amines is 1. The highest BCUT2D eigenvalue weighted by atomic mass is 35.5. The van der Waals surface area contributed by atoms with Gasteiger partial charge < -0.3 is 16.0 Å². The largest absolute Gasteiger partial charge is 0.346 e. The summed E-state index contributed by atoms with van der Waals surface area (Å²) in [7, 11) is -3.89. The van der Waals surface area contributed by atoms with E-state index in [1.807, 2.05) is 0 Å². The summed E-state index contributed by atoms with van der Waals surface area (Å²) in [4.78, 5) is 37.2. The number of aromatic nitrogens is 2. The molecule has 1 saturated heterocycles. The molecule has 0 saturated carbocycles. The van der Waals surface area contributed by atoms with Gasteiger partial charge in [-0.15, -0.1) is 0 Å². The molecule has 0 unspecified atom stereocenters. The summed E-state index contributed by atoms with van der Waals surface area (Å²) in [5.74, 6) is -1.70. The molecule has 1 fully saturated rings. The van der Waals surface area contributed by atoms with E-state index in [0.717, 1.165) is 6.08 Å². The Morgan fingerprint density at radius 1 is 1.08 bits per heavy atom.